The van der Waals surface area contributed by atoms with Crippen molar-refractivity contribution in [3.05, 3.63) is 95.6 Å². The first kappa shape index (κ1) is 25.9. The van der Waals surface area contributed by atoms with Crippen molar-refractivity contribution in [1.82, 2.24) is 9.21 Å². The van der Waals surface area contributed by atoms with Crippen LogP contribution in [0.4, 0.5) is 0 Å². The molecule has 190 valence electrons. The van der Waals surface area contributed by atoms with Gasteiger partial charge in [0, 0.05) is 19.6 Å². The third-order valence-electron chi connectivity index (χ3n) is 6.78. The smallest absolute Gasteiger partial charge is 0.247 e. The van der Waals surface area contributed by atoms with Crippen LogP contribution in [0.1, 0.15) is 29.5 Å². The van der Waals surface area contributed by atoms with Crippen LogP contribution in [0.2, 0.25) is 0 Å². The van der Waals surface area contributed by atoms with Crippen LogP contribution in [-0.2, 0) is 27.8 Å². The Bertz CT molecular complexity index is 1250. The summed E-state index contributed by atoms with van der Waals surface area (Å²) < 4.78 is 34.3. The summed E-state index contributed by atoms with van der Waals surface area (Å²) in [7, 11) is -2.53. The minimum Gasteiger partial charge on any atom is -0.495 e. The largest absolute Gasteiger partial charge is 0.495 e. The fraction of sp³-hybridized carbons (Fsp3) is 0.345. The van der Waals surface area contributed by atoms with Gasteiger partial charge in [0.15, 0.2) is 0 Å². The SMILES string of the molecule is COc1ccc(C)cc1S(=O)(=O)N(CC(=O)N1CCC(Cc2ccccc2)CC1)Cc1ccccc1. The topological polar surface area (TPSA) is 66.9 Å². The van der Waals surface area contributed by atoms with Crippen LogP contribution in [-0.4, -0.2) is 50.3 Å². The van der Waals surface area contributed by atoms with E-state index >= 15 is 0 Å². The lowest BCUT2D eigenvalue weighted by atomic mass is 9.90. The highest BCUT2D eigenvalue weighted by Crippen LogP contribution is 2.29. The first-order valence-corrected chi connectivity index (χ1v) is 13.8. The number of hydrogen-bond donors (Lipinski definition) is 0. The molecule has 0 aliphatic carbocycles. The van der Waals surface area contributed by atoms with Gasteiger partial charge in [-0.15, -0.1) is 0 Å². The molecule has 1 saturated heterocycles. The van der Waals surface area contributed by atoms with Gasteiger partial charge >= 0.3 is 0 Å². The molecule has 1 aliphatic rings. The first-order valence-electron chi connectivity index (χ1n) is 12.4. The van der Waals surface area contributed by atoms with E-state index in [-0.39, 0.29) is 29.6 Å². The molecule has 0 atom stereocenters. The fourth-order valence-corrected chi connectivity index (χ4v) is 6.34. The van der Waals surface area contributed by atoms with Crippen LogP contribution < -0.4 is 4.74 Å². The Morgan fingerprint density at radius 2 is 1.56 bits per heavy atom. The normalized spacial score (nSPS) is 14.7. The Kier molecular flexibility index (Phi) is 8.44. The van der Waals surface area contributed by atoms with Gasteiger partial charge in [0.05, 0.1) is 13.7 Å². The summed E-state index contributed by atoms with van der Waals surface area (Å²) in [5.41, 5.74) is 2.94. The molecule has 3 aromatic carbocycles. The van der Waals surface area contributed by atoms with Crippen molar-refractivity contribution >= 4 is 15.9 Å². The number of piperidine rings is 1. The predicted molar refractivity (Wildman–Crippen MR) is 141 cm³/mol. The quantitative estimate of drug-likeness (QED) is 0.423. The predicted octanol–water partition coefficient (Wildman–Crippen LogP) is 4.68. The third kappa shape index (κ3) is 6.33. The lowest BCUT2D eigenvalue weighted by molar-refractivity contribution is -0.132. The zero-order valence-corrected chi connectivity index (χ0v) is 21.8. The van der Waals surface area contributed by atoms with Gasteiger partial charge in [-0.05, 0) is 60.9 Å². The number of carbonyl (C=O) groups excluding carboxylic acids is 1. The molecule has 1 aliphatic heterocycles. The Labute approximate surface area is 214 Å². The van der Waals surface area contributed by atoms with Gasteiger partial charge < -0.3 is 9.64 Å². The molecule has 1 heterocycles. The molecule has 6 nitrogen and oxygen atoms in total. The maximum atomic E-state index is 13.8. The van der Waals surface area contributed by atoms with Crippen molar-refractivity contribution in [1.29, 1.82) is 0 Å². The summed E-state index contributed by atoms with van der Waals surface area (Å²) in [5.74, 6) is 0.629. The van der Waals surface area contributed by atoms with Crippen LogP contribution in [0.5, 0.6) is 5.75 Å². The zero-order chi connectivity index (χ0) is 25.5. The number of methoxy groups -OCH3 is 1. The van der Waals surface area contributed by atoms with Gasteiger partial charge in [-0.1, -0.05) is 66.7 Å². The van der Waals surface area contributed by atoms with Crippen LogP contribution in [0.25, 0.3) is 0 Å². The molecule has 0 aromatic heterocycles. The molecule has 0 saturated carbocycles. The summed E-state index contributed by atoms with van der Waals surface area (Å²) in [5, 5.41) is 0. The summed E-state index contributed by atoms with van der Waals surface area (Å²) in [6.45, 7) is 3.02. The van der Waals surface area contributed by atoms with Crippen LogP contribution in [0.15, 0.2) is 83.8 Å². The lowest BCUT2D eigenvalue weighted by Crippen LogP contribution is -2.45. The van der Waals surface area contributed by atoms with Crippen molar-refractivity contribution in [2.24, 2.45) is 5.92 Å². The van der Waals surface area contributed by atoms with E-state index < -0.39 is 10.0 Å². The second-order valence-corrected chi connectivity index (χ2v) is 11.3. The van der Waals surface area contributed by atoms with Crippen LogP contribution in [0.3, 0.4) is 0 Å². The molecule has 0 radical (unpaired) electrons. The molecule has 0 N–H and O–H groups in total. The van der Waals surface area contributed by atoms with Crippen molar-refractivity contribution in [3.8, 4) is 5.75 Å². The first-order chi connectivity index (χ1) is 17.4. The van der Waals surface area contributed by atoms with Crippen molar-refractivity contribution < 1.29 is 17.9 Å². The van der Waals surface area contributed by atoms with E-state index in [4.69, 9.17) is 4.74 Å². The fourth-order valence-electron chi connectivity index (χ4n) is 4.72. The molecule has 36 heavy (non-hydrogen) atoms. The van der Waals surface area contributed by atoms with Crippen LogP contribution >= 0.6 is 0 Å². The number of likely N-dealkylation sites (tertiary alicyclic amines) is 1. The number of carbonyl (C=O) groups is 1. The van der Waals surface area contributed by atoms with Crippen LogP contribution in [0, 0.1) is 12.8 Å². The Morgan fingerprint density at radius 1 is 0.944 bits per heavy atom. The van der Waals surface area contributed by atoms with E-state index in [1.54, 1.807) is 12.1 Å². The van der Waals surface area contributed by atoms with E-state index in [9.17, 15) is 13.2 Å². The maximum absolute atomic E-state index is 13.8. The number of nitrogens with zero attached hydrogens (tertiary/aromatic N) is 2. The zero-order valence-electron chi connectivity index (χ0n) is 21.0. The second-order valence-electron chi connectivity index (χ2n) is 9.43. The molecular weight excluding hydrogens is 472 g/mol. The highest BCUT2D eigenvalue weighted by Gasteiger charge is 2.32. The Balaban J connectivity index is 1.50. The van der Waals surface area contributed by atoms with Gasteiger partial charge in [-0.25, -0.2) is 8.42 Å². The molecule has 0 unspecified atom stereocenters. The summed E-state index contributed by atoms with van der Waals surface area (Å²) in [6.07, 6.45) is 2.83. The molecule has 1 amide bonds. The molecule has 0 bridgehead atoms. The number of hydrogen-bond acceptors (Lipinski definition) is 4. The van der Waals surface area contributed by atoms with E-state index in [0.717, 1.165) is 30.4 Å². The molecular formula is C29H34N2O4S. The molecule has 7 heteroatoms. The minimum absolute atomic E-state index is 0.0790. The number of amides is 1. The van der Waals surface area contributed by atoms with E-state index in [2.05, 4.69) is 24.3 Å². The maximum Gasteiger partial charge on any atom is 0.247 e. The second kappa shape index (κ2) is 11.7. The number of rotatable bonds is 9. The average molecular weight is 507 g/mol. The standard InChI is InChI=1S/C29H34N2O4S/c1-23-13-14-27(35-2)28(19-23)36(33,34)31(21-26-11-7-4-8-12-26)22-29(32)30-17-15-25(16-18-30)20-24-9-5-3-6-10-24/h3-14,19,25H,15-18,20-22H2,1-2H3. The van der Waals surface area contributed by atoms with E-state index in [1.165, 1.54) is 17.0 Å². The number of aryl methyl sites for hydroxylation is 1. The van der Waals surface area contributed by atoms with Gasteiger partial charge in [-0.3, -0.25) is 4.79 Å². The summed E-state index contributed by atoms with van der Waals surface area (Å²) >= 11 is 0. The Hall–Kier alpha value is -3.16. The van der Waals surface area contributed by atoms with Gasteiger partial charge in [0.25, 0.3) is 0 Å². The lowest BCUT2D eigenvalue weighted by Gasteiger charge is -2.33. The number of sulfonamides is 1. The van der Waals surface area contributed by atoms with Gasteiger partial charge in [0.2, 0.25) is 15.9 Å². The molecule has 3 aromatic rings. The van der Waals surface area contributed by atoms with Gasteiger partial charge in [-0.2, -0.15) is 4.31 Å². The molecule has 4 rings (SSSR count). The monoisotopic (exact) mass is 506 g/mol. The van der Waals surface area contributed by atoms with Crippen molar-refractivity contribution in [3.63, 3.8) is 0 Å². The average Bonchev–Trinajstić information content (AvgIpc) is 2.90. The van der Waals surface area contributed by atoms with Crippen molar-refractivity contribution in [2.45, 2.75) is 37.6 Å². The highest BCUT2D eigenvalue weighted by atomic mass is 32.2. The van der Waals surface area contributed by atoms with E-state index in [0.29, 0.717) is 19.0 Å². The molecule has 1 fully saturated rings. The van der Waals surface area contributed by atoms with E-state index in [1.807, 2.05) is 54.3 Å². The highest BCUT2D eigenvalue weighted by molar-refractivity contribution is 7.89. The number of ether oxygens (including phenoxy) is 1. The number of benzene rings is 3. The van der Waals surface area contributed by atoms with Crippen molar-refractivity contribution in [2.75, 3.05) is 26.7 Å². The Morgan fingerprint density at radius 3 is 2.17 bits per heavy atom. The summed E-state index contributed by atoms with van der Waals surface area (Å²) in [4.78, 5) is 15.2. The molecule has 0 spiro atoms. The minimum atomic E-state index is -3.99. The third-order valence-corrected chi connectivity index (χ3v) is 8.60. The van der Waals surface area contributed by atoms with Gasteiger partial charge in [0.1, 0.15) is 10.6 Å². The summed E-state index contributed by atoms with van der Waals surface area (Å²) in [6, 6.07) is 24.8.